The average molecular weight is 283 g/mol. The van der Waals surface area contributed by atoms with E-state index in [1.807, 2.05) is 12.1 Å². The molecule has 0 unspecified atom stereocenters. The number of H-pyrrole nitrogens is 1. The van der Waals surface area contributed by atoms with Crippen LogP contribution < -0.4 is 5.69 Å². The Morgan fingerprint density at radius 3 is 2.90 bits per heavy atom. The standard InChI is InChI=1S/C15H13N3O3/c19-14(20)11-3-4-12-13(8-11)18(15(21)17-12)7-5-10-2-1-6-16-9-10/h1-4,6,8-9H,5,7H2,(H,17,21)(H,19,20). The first kappa shape index (κ1) is 13.1. The summed E-state index contributed by atoms with van der Waals surface area (Å²) in [5.74, 6) is -1.01. The van der Waals surface area contributed by atoms with Gasteiger partial charge in [0.05, 0.1) is 16.6 Å². The predicted octanol–water partition coefficient (Wildman–Crippen LogP) is 1.67. The molecule has 0 aliphatic carbocycles. The molecular weight excluding hydrogens is 270 g/mol. The average Bonchev–Trinajstić information content (AvgIpc) is 2.80. The Bertz CT molecular complexity index is 849. The molecule has 0 radical (unpaired) electrons. The molecule has 6 heteroatoms. The summed E-state index contributed by atoms with van der Waals surface area (Å²) in [5.41, 5.74) is 2.18. The fraction of sp³-hybridized carbons (Fsp3) is 0.133. The molecule has 0 saturated heterocycles. The third-order valence-corrected chi connectivity index (χ3v) is 3.37. The molecule has 0 bridgehead atoms. The maximum Gasteiger partial charge on any atom is 0.335 e. The van der Waals surface area contributed by atoms with Gasteiger partial charge in [-0.2, -0.15) is 0 Å². The number of imidazole rings is 1. The molecule has 106 valence electrons. The zero-order chi connectivity index (χ0) is 14.8. The van der Waals surface area contributed by atoms with Gasteiger partial charge in [-0.05, 0) is 36.2 Å². The van der Waals surface area contributed by atoms with Crippen molar-refractivity contribution in [3.8, 4) is 0 Å². The van der Waals surface area contributed by atoms with Gasteiger partial charge in [-0.25, -0.2) is 9.59 Å². The summed E-state index contributed by atoms with van der Waals surface area (Å²) in [6.07, 6.45) is 4.10. The number of nitrogens with one attached hydrogen (secondary N) is 1. The van der Waals surface area contributed by atoms with Crippen LogP contribution in [0.3, 0.4) is 0 Å². The lowest BCUT2D eigenvalue weighted by Crippen LogP contribution is -2.18. The summed E-state index contributed by atoms with van der Waals surface area (Å²) in [7, 11) is 0. The topological polar surface area (TPSA) is 88.0 Å². The van der Waals surface area contributed by atoms with Gasteiger partial charge < -0.3 is 10.1 Å². The van der Waals surface area contributed by atoms with Crippen molar-refractivity contribution in [3.05, 3.63) is 64.3 Å². The Morgan fingerprint density at radius 1 is 1.33 bits per heavy atom. The van der Waals surface area contributed by atoms with E-state index in [0.29, 0.717) is 24.0 Å². The molecule has 3 aromatic rings. The van der Waals surface area contributed by atoms with Gasteiger partial charge in [-0.3, -0.25) is 9.55 Å². The summed E-state index contributed by atoms with van der Waals surface area (Å²) < 4.78 is 1.55. The van der Waals surface area contributed by atoms with Crippen molar-refractivity contribution in [1.82, 2.24) is 14.5 Å². The third kappa shape index (κ3) is 2.55. The summed E-state index contributed by atoms with van der Waals surface area (Å²) in [6.45, 7) is 0.466. The van der Waals surface area contributed by atoms with Gasteiger partial charge in [0.15, 0.2) is 0 Å². The molecule has 0 aliphatic heterocycles. The van der Waals surface area contributed by atoms with Crippen molar-refractivity contribution in [3.63, 3.8) is 0 Å². The second-order valence-corrected chi connectivity index (χ2v) is 4.73. The predicted molar refractivity (Wildman–Crippen MR) is 77.5 cm³/mol. The molecule has 0 saturated carbocycles. The van der Waals surface area contributed by atoms with Gasteiger partial charge in [0.1, 0.15) is 0 Å². The summed E-state index contributed by atoms with van der Waals surface area (Å²) >= 11 is 0. The third-order valence-electron chi connectivity index (χ3n) is 3.37. The number of hydrogen-bond donors (Lipinski definition) is 2. The molecular formula is C15H13N3O3. The first-order valence-electron chi connectivity index (χ1n) is 6.50. The number of benzene rings is 1. The number of aromatic nitrogens is 3. The van der Waals surface area contributed by atoms with E-state index in [4.69, 9.17) is 5.11 Å². The highest BCUT2D eigenvalue weighted by atomic mass is 16.4. The molecule has 2 aromatic heterocycles. The molecule has 3 rings (SSSR count). The molecule has 0 spiro atoms. The molecule has 0 atom stereocenters. The number of aromatic amines is 1. The first-order chi connectivity index (χ1) is 10.1. The van der Waals surface area contributed by atoms with E-state index in [9.17, 15) is 9.59 Å². The number of aromatic carboxylic acids is 1. The maximum atomic E-state index is 12.0. The molecule has 6 nitrogen and oxygen atoms in total. The van der Waals surface area contributed by atoms with Gasteiger partial charge in [0.2, 0.25) is 0 Å². The molecule has 21 heavy (non-hydrogen) atoms. The van der Waals surface area contributed by atoms with E-state index in [-0.39, 0.29) is 11.3 Å². The summed E-state index contributed by atoms with van der Waals surface area (Å²) in [4.78, 5) is 29.8. The van der Waals surface area contributed by atoms with Crippen LogP contribution in [0.5, 0.6) is 0 Å². The van der Waals surface area contributed by atoms with E-state index in [2.05, 4.69) is 9.97 Å². The summed E-state index contributed by atoms with van der Waals surface area (Å²) in [6, 6.07) is 8.39. The maximum absolute atomic E-state index is 12.0. The molecule has 2 heterocycles. The normalized spacial score (nSPS) is 10.9. The lowest BCUT2D eigenvalue weighted by molar-refractivity contribution is 0.0697. The number of hydrogen-bond acceptors (Lipinski definition) is 3. The van der Waals surface area contributed by atoms with E-state index >= 15 is 0 Å². The van der Waals surface area contributed by atoms with E-state index in [1.54, 1.807) is 23.0 Å². The van der Waals surface area contributed by atoms with E-state index in [0.717, 1.165) is 5.56 Å². The van der Waals surface area contributed by atoms with Crippen molar-refractivity contribution < 1.29 is 9.90 Å². The minimum absolute atomic E-state index is 0.164. The van der Waals surface area contributed by atoms with E-state index < -0.39 is 5.97 Å². The Morgan fingerprint density at radius 2 is 2.19 bits per heavy atom. The van der Waals surface area contributed by atoms with Gasteiger partial charge in [0, 0.05) is 18.9 Å². The minimum Gasteiger partial charge on any atom is -0.478 e. The largest absolute Gasteiger partial charge is 0.478 e. The second-order valence-electron chi connectivity index (χ2n) is 4.73. The van der Waals surface area contributed by atoms with Crippen LogP contribution in [0.25, 0.3) is 11.0 Å². The number of carboxylic acids is 1. The van der Waals surface area contributed by atoms with Gasteiger partial charge in [0.25, 0.3) is 0 Å². The Labute approximate surface area is 119 Å². The first-order valence-corrected chi connectivity index (χ1v) is 6.50. The fourth-order valence-corrected chi connectivity index (χ4v) is 2.29. The minimum atomic E-state index is -1.01. The lowest BCUT2D eigenvalue weighted by atomic mass is 10.2. The quantitative estimate of drug-likeness (QED) is 0.762. The van der Waals surface area contributed by atoms with Crippen LogP contribution in [0.15, 0.2) is 47.5 Å². The second kappa shape index (κ2) is 5.24. The van der Waals surface area contributed by atoms with Crippen LogP contribution in [0.1, 0.15) is 15.9 Å². The van der Waals surface area contributed by atoms with Crippen molar-refractivity contribution in [2.24, 2.45) is 0 Å². The zero-order valence-corrected chi connectivity index (χ0v) is 11.1. The van der Waals surface area contributed by atoms with Crippen molar-refractivity contribution >= 4 is 17.0 Å². The monoisotopic (exact) mass is 283 g/mol. The van der Waals surface area contributed by atoms with E-state index in [1.165, 1.54) is 12.1 Å². The molecule has 0 fully saturated rings. The number of pyridine rings is 1. The van der Waals surface area contributed by atoms with Crippen molar-refractivity contribution in [1.29, 1.82) is 0 Å². The van der Waals surface area contributed by atoms with Crippen molar-refractivity contribution in [2.75, 3.05) is 0 Å². The Balaban J connectivity index is 1.97. The lowest BCUT2D eigenvalue weighted by Gasteiger charge is -2.04. The van der Waals surface area contributed by atoms with Gasteiger partial charge >= 0.3 is 11.7 Å². The highest BCUT2D eigenvalue weighted by molar-refractivity contribution is 5.92. The fourth-order valence-electron chi connectivity index (χ4n) is 2.29. The van der Waals surface area contributed by atoms with Crippen LogP contribution in [-0.2, 0) is 13.0 Å². The highest BCUT2D eigenvalue weighted by Crippen LogP contribution is 2.13. The number of carbonyl (C=O) groups is 1. The zero-order valence-electron chi connectivity index (χ0n) is 11.1. The SMILES string of the molecule is O=C(O)c1ccc2[nH]c(=O)n(CCc3cccnc3)c2c1. The number of nitrogens with zero attached hydrogens (tertiary/aromatic N) is 2. The van der Waals surface area contributed by atoms with Crippen LogP contribution in [0.2, 0.25) is 0 Å². The van der Waals surface area contributed by atoms with Crippen LogP contribution in [0, 0.1) is 0 Å². The highest BCUT2D eigenvalue weighted by Gasteiger charge is 2.10. The van der Waals surface area contributed by atoms with Crippen LogP contribution in [-0.4, -0.2) is 25.6 Å². The Kier molecular flexibility index (Phi) is 3.27. The molecule has 2 N–H and O–H groups in total. The number of carboxylic acid groups (broad SMARTS) is 1. The molecule has 0 aliphatic rings. The number of rotatable bonds is 4. The number of fused-ring (bicyclic) bond motifs is 1. The molecule has 0 amide bonds. The summed E-state index contributed by atoms with van der Waals surface area (Å²) in [5, 5.41) is 9.04. The van der Waals surface area contributed by atoms with Gasteiger partial charge in [-0.1, -0.05) is 6.07 Å². The smallest absolute Gasteiger partial charge is 0.335 e. The number of aryl methyl sites for hydroxylation is 2. The Hall–Kier alpha value is -2.89. The van der Waals surface area contributed by atoms with Crippen LogP contribution in [0.4, 0.5) is 0 Å². The van der Waals surface area contributed by atoms with Crippen molar-refractivity contribution in [2.45, 2.75) is 13.0 Å². The molecule has 1 aromatic carbocycles. The van der Waals surface area contributed by atoms with Gasteiger partial charge in [-0.15, -0.1) is 0 Å². The van der Waals surface area contributed by atoms with Crippen LogP contribution >= 0.6 is 0 Å².